The van der Waals surface area contributed by atoms with E-state index in [1.54, 1.807) is 68.9 Å². The Balaban J connectivity index is 1.12. The molecule has 2 heterocycles. The third-order valence-electron chi connectivity index (χ3n) is 8.16. The summed E-state index contributed by atoms with van der Waals surface area (Å²) in [5, 5.41) is 10.3. The van der Waals surface area contributed by atoms with E-state index in [2.05, 4.69) is 25.9 Å². The maximum absolute atomic E-state index is 13.3. The van der Waals surface area contributed by atoms with E-state index in [4.69, 9.17) is 37.5 Å². The van der Waals surface area contributed by atoms with Crippen LogP contribution in [0.15, 0.2) is 88.0 Å². The van der Waals surface area contributed by atoms with Crippen LogP contribution in [0.25, 0.3) is 21.9 Å². The summed E-state index contributed by atoms with van der Waals surface area (Å²) in [5.41, 5.74) is 2.32. The highest BCUT2D eigenvalue weighted by atomic mass is 16.8. The van der Waals surface area contributed by atoms with Crippen LogP contribution in [-0.4, -0.2) is 69.9 Å². The number of rotatable bonds is 17. The Hall–Kier alpha value is -6.23. The highest BCUT2D eigenvalue weighted by Crippen LogP contribution is 2.36. The van der Waals surface area contributed by atoms with Crippen molar-refractivity contribution in [2.75, 3.05) is 69.8 Å². The summed E-state index contributed by atoms with van der Waals surface area (Å²) < 4.78 is 43.8. The minimum Gasteiger partial charge on any atom is -0.497 e. The van der Waals surface area contributed by atoms with Crippen LogP contribution < -0.4 is 34.9 Å². The molecule has 288 valence electrons. The molecule has 55 heavy (non-hydrogen) atoms. The van der Waals surface area contributed by atoms with Gasteiger partial charge in [-0.3, -0.25) is 0 Å². The molecule has 0 aliphatic carbocycles. The first-order valence-corrected chi connectivity index (χ1v) is 17.5. The van der Waals surface area contributed by atoms with E-state index in [0.29, 0.717) is 73.7 Å². The molecule has 2 amide bonds. The fourth-order valence-electron chi connectivity index (χ4n) is 5.44. The van der Waals surface area contributed by atoms with E-state index in [9.17, 15) is 9.70 Å². The molecular weight excluding hydrogens is 712 g/mol. The second kappa shape index (κ2) is 17.7. The van der Waals surface area contributed by atoms with E-state index in [0.717, 1.165) is 10.9 Å². The van der Waals surface area contributed by atoms with Crippen LogP contribution in [0.2, 0.25) is 0 Å². The summed E-state index contributed by atoms with van der Waals surface area (Å²) in [6, 6.07) is 20.9. The largest absolute Gasteiger partial charge is 0.497 e. The molecule has 6 rings (SSSR count). The fraction of sp³-hybridized carbons (Fsp3) is 0.308. The Labute approximate surface area is 316 Å². The lowest BCUT2D eigenvalue weighted by Gasteiger charge is -2.19. The van der Waals surface area contributed by atoms with Crippen molar-refractivity contribution >= 4 is 51.0 Å². The Bertz CT molecular complexity index is 2300. The van der Waals surface area contributed by atoms with Crippen LogP contribution in [0.3, 0.4) is 0 Å². The molecule has 0 aliphatic rings. The number of anilines is 4. The number of hydrogen-bond donors (Lipinski definition) is 3. The molecule has 4 aromatic carbocycles. The minimum atomic E-state index is -0.550. The Morgan fingerprint density at radius 3 is 2.29 bits per heavy atom. The van der Waals surface area contributed by atoms with Crippen LogP contribution in [0.5, 0.6) is 23.1 Å². The van der Waals surface area contributed by atoms with Gasteiger partial charge in [0.2, 0.25) is 11.8 Å². The summed E-state index contributed by atoms with van der Waals surface area (Å²) >= 11 is 0. The van der Waals surface area contributed by atoms with Gasteiger partial charge < -0.3 is 44.4 Å². The number of urea groups is 1. The number of nitrogens with zero attached hydrogens (tertiary/aromatic N) is 3. The zero-order chi connectivity index (χ0) is 38.8. The molecule has 16 heteroatoms. The first-order chi connectivity index (χ1) is 26.6. The highest BCUT2D eigenvalue weighted by Gasteiger charge is 2.24. The van der Waals surface area contributed by atoms with E-state index < -0.39 is 6.03 Å². The zero-order valence-electron chi connectivity index (χ0n) is 31.2. The van der Waals surface area contributed by atoms with Gasteiger partial charge in [-0.15, -0.1) is 9.05 Å². The molecule has 2 aromatic heterocycles. The van der Waals surface area contributed by atoms with Gasteiger partial charge in [-0.2, -0.15) is 4.98 Å². The molecule has 0 radical (unpaired) electrons. The van der Waals surface area contributed by atoms with Crippen LogP contribution in [-0.2, 0) is 19.6 Å². The van der Waals surface area contributed by atoms with Crippen molar-refractivity contribution in [1.82, 2.24) is 9.97 Å². The normalized spacial score (nSPS) is 11.4. The summed E-state index contributed by atoms with van der Waals surface area (Å²) in [6.07, 6.45) is 1.58. The highest BCUT2D eigenvalue weighted by molar-refractivity contribution is 6.09. The summed E-state index contributed by atoms with van der Waals surface area (Å²) in [7, 11) is 3.20. The van der Waals surface area contributed by atoms with Gasteiger partial charge in [0.1, 0.15) is 28.8 Å². The monoisotopic (exact) mass is 755 g/mol. The van der Waals surface area contributed by atoms with Gasteiger partial charge in [0.25, 0.3) is 11.2 Å². The Morgan fingerprint density at radius 2 is 1.53 bits per heavy atom. The SMILES string of the molecule is COCCOCCOCCOc1cc(Nc2nccc(Oc3ccc(NC(=O)Nc4cc(C(C)(C)C)cc5o[n+](=O)oc45)c4ccccc34)n2)cc(OC)c1. The van der Waals surface area contributed by atoms with Gasteiger partial charge in [0.15, 0.2) is 0 Å². The summed E-state index contributed by atoms with van der Waals surface area (Å²) in [5.74, 6) is 2.22. The average Bonchev–Trinajstić information content (AvgIpc) is 3.55. The predicted octanol–water partition coefficient (Wildman–Crippen LogP) is 7.43. The molecule has 6 aromatic rings. The standard InChI is InChI=1S/C39H42N6O10/c1-39(2,3)25-20-32(36-34(21-25)54-45(47)55-36)43-38(46)42-31-10-11-33(30-9-7-6-8-29(30)31)53-35-12-13-40-37(44-35)41-26-22-27(49-5)24-28(23-26)52-19-18-51-17-16-50-15-14-48-4/h6-13,20-24H,14-19H2,1-5H3,(H2-,40,41,42,43,44,46)/p+1. The zero-order valence-corrected chi connectivity index (χ0v) is 31.2. The lowest BCUT2D eigenvalue weighted by Crippen LogP contribution is -2.20. The number of nitrogens with one attached hydrogen (secondary N) is 3. The Morgan fingerprint density at radius 1 is 0.800 bits per heavy atom. The van der Waals surface area contributed by atoms with E-state index in [1.165, 1.54) is 0 Å². The second-order valence-electron chi connectivity index (χ2n) is 13.2. The Kier molecular flexibility index (Phi) is 12.4. The van der Waals surface area contributed by atoms with Gasteiger partial charge in [-0.25, -0.2) is 9.78 Å². The number of carbonyl (C=O) groups excluding carboxylic acids is 1. The molecule has 0 fully saturated rings. The van der Waals surface area contributed by atoms with Crippen molar-refractivity contribution in [3.63, 3.8) is 0 Å². The van der Waals surface area contributed by atoms with Gasteiger partial charge >= 0.3 is 10.8 Å². The van der Waals surface area contributed by atoms with Crippen molar-refractivity contribution in [2.24, 2.45) is 0 Å². The topological polar surface area (TPSA) is 184 Å². The molecule has 0 unspecified atom stereocenters. The number of ether oxygens (including phenoxy) is 6. The first kappa shape index (κ1) is 38.5. The quantitative estimate of drug-likeness (QED) is 0.0782. The predicted molar refractivity (Wildman–Crippen MR) is 205 cm³/mol. The molecule has 0 saturated carbocycles. The molecule has 0 bridgehead atoms. The van der Waals surface area contributed by atoms with E-state index >= 15 is 0 Å². The first-order valence-electron chi connectivity index (χ1n) is 17.5. The number of aromatic nitrogens is 3. The maximum Gasteiger partial charge on any atom is 0.489 e. The number of carbonyl (C=O) groups is 1. The van der Waals surface area contributed by atoms with Gasteiger partial charge in [0.05, 0.1) is 51.5 Å². The van der Waals surface area contributed by atoms with Gasteiger partial charge in [0, 0.05) is 54.0 Å². The molecular formula is C39H43N6O10+. The molecule has 0 spiro atoms. The lowest BCUT2D eigenvalue weighted by atomic mass is 9.86. The number of fused-ring (bicyclic) bond motifs is 2. The van der Waals surface area contributed by atoms with Crippen molar-refractivity contribution in [3.05, 3.63) is 89.5 Å². The van der Waals surface area contributed by atoms with Crippen molar-refractivity contribution in [1.29, 1.82) is 0 Å². The fourth-order valence-corrected chi connectivity index (χ4v) is 5.44. The molecule has 0 saturated heterocycles. The third kappa shape index (κ3) is 10.3. The minimum absolute atomic E-state index is 0.00260. The van der Waals surface area contributed by atoms with E-state index in [-0.39, 0.29) is 38.9 Å². The summed E-state index contributed by atoms with van der Waals surface area (Å²) in [4.78, 5) is 34.1. The lowest BCUT2D eigenvalue weighted by molar-refractivity contribution is -0.851. The molecule has 16 nitrogen and oxygen atoms in total. The van der Waals surface area contributed by atoms with Crippen LogP contribution >= 0.6 is 0 Å². The van der Waals surface area contributed by atoms with Crippen LogP contribution in [0, 0.1) is 4.91 Å². The maximum atomic E-state index is 13.3. The molecule has 0 atom stereocenters. The number of benzene rings is 4. The molecule has 0 aliphatic heterocycles. The van der Waals surface area contributed by atoms with Crippen molar-refractivity contribution in [2.45, 2.75) is 26.2 Å². The number of amides is 2. The summed E-state index contributed by atoms with van der Waals surface area (Å²) in [6.45, 7) is 8.73. The average molecular weight is 756 g/mol. The second-order valence-corrected chi connectivity index (χ2v) is 13.2. The van der Waals surface area contributed by atoms with Crippen molar-refractivity contribution < 1.29 is 47.0 Å². The smallest absolute Gasteiger partial charge is 0.489 e. The van der Waals surface area contributed by atoms with Gasteiger partial charge in [-0.1, -0.05) is 45.0 Å². The van der Waals surface area contributed by atoms with Gasteiger partial charge in [-0.05, 0) is 35.2 Å². The third-order valence-corrected chi connectivity index (χ3v) is 8.16. The van der Waals surface area contributed by atoms with Crippen molar-refractivity contribution in [3.8, 4) is 23.1 Å². The van der Waals surface area contributed by atoms with Crippen LogP contribution in [0.4, 0.5) is 27.8 Å². The van der Waals surface area contributed by atoms with E-state index in [1.807, 2.05) is 45.0 Å². The molecule has 3 N–H and O–H groups in total. The number of methoxy groups -OCH3 is 2. The van der Waals surface area contributed by atoms with Crippen LogP contribution in [0.1, 0.15) is 26.3 Å². The number of hydrogen-bond acceptors (Lipinski definition) is 13.